The Kier molecular flexibility index (Phi) is 6.06. The number of aryl methyl sites for hydroxylation is 1. The van der Waals surface area contributed by atoms with Gasteiger partial charge in [-0.3, -0.25) is 9.59 Å². The first-order chi connectivity index (χ1) is 13.4. The maximum atomic E-state index is 12.3. The Balaban J connectivity index is 1.66. The lowest BCUT2D eigenvalue weighted by atomic mass is 10.1. The summed E-state index contributed by atoms with van der Waals surface area (Å²) in [4.78, 5) is 36.6. The van der Waals surface area contributed by atoms with E-state index in [1.54, 1.807) is 49.4 Å². The topological polar surface area (TPSA) is 85.6 Å². The van der Waals surface area contributed by atoms with E-state index >= 15 is 0 Å². The number of carbonyl (C=O) groups is 3. The number of hydrogen-bond acceptors (Lipinski definition) is 5. The zero-order valence-corrected chi connectivity index (χ0v) is 16.5. The summed E-state index contributed by atoms with van der Waals surface area (Å²) in [6.45, 7) is 1.42. The second-order valence-electron chi connectivity index (χ2n) is 5.97. The lowest BCUT2D eigenvalue weighted by molar-refractivity contribution is 0.0474. The van der Waals surface area contributed by atoms with Crippen LogP contribution in [-0.2, 0) is 4.74 Å². The highest BCUT2D eigenvalue weighted by Crippen LogP contribution is 2.19. The average molecular weight is 442 g/mol. The number of esters is 1. The summed E-state index contributed by atoms with van der Waals surface area (Å²) in [5.74, 6) is -1.23. The molecule has 142 valence electrons. The highest BCUT2D eigenvalue weighted by molar-refractivity contribution is 9.10. The zero-order valence-electron chi connectivity index (χ0n) is 14.9. The maximum Gasteiger partial charge on any atom is 0.338 e. The first-order valence-electron chi connectivity index (χ1n) is 8.35. The number of ether oxygens (including phenoxy) is 1. The molecule has 0 aliphatic rings. The molecule has 1 N–H and O–H groups in total. The first kappa shape index (κ1) is 19.6. The van der Waals surface area contributed by atoms with Gasteiger partial charge in [0.1, 0.15) is 0 Å². The molecule has 0 atom stereocenters. The van der Waals surface area contributed by atoms with E-state index in [0.717, 1.165) is 10.0 Å². The van der Waals surface area contributed by atoms with Crippen LogP contribution in [0.25, 0.3) is 0 Å². The molecule has 1 heterocycles. The predicted octanol–water partition coefficient (Wildman–Crippen LogP) is 4.64. The second-order valence-corrected chi connectivity index (χ2v) is 6.88. The number of Topliss-reactive ketones (excluding diaryl/α,β-unsaturated/α-hetero) is 1. The van der Waals surface area contributed by atoms with Crippen molar-refractivity contribution in [1.82, 2.24) is 0 Å². The first-order valence-corrected chi connectivity index (χ1v) is 9.15. The summed E-state index contributed by atoms with van der Waals surface area (Å²) in [5, 5.41) is 2.69. The maximum absolute atomic E-state index is 12.3. The fourth-order valence-corrected chi connectivity index (χ4v) is 2.67. The molecule has 0 bridgehead atoms. The number of furan rings is 1. The molecule has 0 fully saturated rings. The van der Waals surface area contributed by atoms with E-state index in [2.05, 4.69) is 21.2 Å². The van der Waals surface area contributed by atoms with E-state index in [4.69, 9.17) is 9.15 Å². The van der Waals surface area contributed by atoms with Gasteiger partial charge in [0.2, 0.25) is 0 Å². The third kappa shape index (κ3) is 4.75. The van der Waals surface area contributed by atoms with Gasteiger partial charge in [-0.2, -0.15) is 0 Å². The van der Waals surface area contributed by atoms with Gasteiger partial charge >= 0.3 is 5.97 Å². The van der Waals surface area contributed by atoms with Gasteiger partial charge in [0.25, 0.3) is 5.91 Å². The lowest BCUT2D eigenvalue weighted by Crippen LogP contribution is -2.15. The van der Waals surface area contributed by atoms with E-state index in [1.165, 1.54) is 18.4 Å². The minimum Gasteiger partial charge on any atom is -0.459 e. The number of hydrogen-bond donors (Lipinski definition) is 1. The van der Waals surface area contributed by atoms with Crippen molar-refractivity contribution in [2.24, 2.45) is 0 Å². The van der Waals surface area contributed by atoms with Crippen molar-refractivity contribution in [2.45, 2.75) is 6.92 Å². The predicted molar refractivity (Wildman–Crippen MR) is 107 cm³/mol. The monoisotopic (exact) mass is 441 g/mol. The van der Waals surface area contributed by atoms with Crippen molar-refractivity contribution < 1.29 is 23.5 Å². The number of carbonyl (C=O) groups excluding carboxylic acids is 3. The third-order valence-corrected chi connectivity index (χ3v) is 4.50. The Morgan fingerprint density at radius 1 is 1.04 bits per heavy atom. The van der Waals surface area contributed by atoms with E-state index < -0.39 is 11.9 Å². The highest BCUT2D eigenvalue weighted by Gasteiger charge is 2.15. The quantitative estimate of drug-likeness (QED) is 0.444. The Hall–Kier alpha value is -3.19. The number of benzene rings is 2. The Morgan fingerprint density at radius 3 is 2.43 bits per heavy atom. The molecule has 0 radical (unpaired) electrons. The van der Waals surface area contributed by atoms with Crippen molar-refractivity contribution in [2.75, 3.05) is 11.9 Å². The van der Waals surface area contributed by atoms with Crippen LogP contribution in [0.5, 0.6) is 0 Å². The van der Waals surface area contributed by atoms with Crippen molar-refractivity contribution in [3.05, 3.63) is 87.8 Å². The van der Waals surface area contributed by atoms with Crippen molar-refractivity contribution in [1.29, 1.82) is 0 Å². The van der Waals surface area contributed by atoms with Crippen LogP contribution in [0.1, 0.15) is 36.8 Å². The minimum absolute atomic E-state index is 0.160. The molecule has 6 nitrogen and oxygen atoms in total. The smallest absolute Gasteiger partial charge is 0.338 e. The van der Waals surface area contributed by atoms with Crippen molar-refractivity contribution in [3.8, 4) is 0 Å². The van der Waals surface area contributed by atoms with E-state index in [1.807, 2.05) is 0 Å². The van der Waals surface area contributed by atoms with E-state index in [-0.39, 0.29) is 23.7 Å². The molecule has 1 aromatic heterocycles. The van der Waals surface area contributed by atoms with Gasteiger partial charge in [-0.25, -0.2) is 4.79 Å². The minimum atomic E-state index is -0.654. The van der Waals surface area contributed by atoms with Crippen LogP contribution < -0.4 is 5.32 Å². The normalized spacial score (nSPS) is 10.4. The molecule has 0 aliphatic heterocycles. The van der Waals surface area contributed by atoms with E-state index in [0.29, 0.717) is 11.3 Å². The molecule has 3 aromatic rings. The molecular weight excluding hydrogens is 426 g/mol. The van der Waals surface area contributed by atoms with Gasteiger partial charge in [0.15, 0.2) is 18.2 Å². The van der Waals surface area contributed by atoms with Gasteiger partial charge in [-0.1, -0.05) is 34.1 Å². The van der Waals surface area contributed by atoms with Crippen LogP contribution in [0.2, 0.25) is 0 Å². The number of ketones is 1. The molecule has 0 unspecified atom stereocenters. The molecule has 3 rings (SSSR count). The second kappa shape index (κ2) is 8.67. The number of amides is 1. The van der Waals surface area contributed by atoms with Crippen LogP contribution in [-0.4, -0.2) is 24.3 Å². The van der Waals surface area contributed by atoms with Gasteiger partial charge in [0.05, 0.1) is 11.8 Å². The molecule has 2 aromatic carbocycles. The molecular formula is C21H16BrNO5. The summed E-state index contributed by atoms with van der Waals surface area (Å²) in [6.07, 6.45) is 1.40. The lowest BCUT2D eigenvalue weighted by Gasteiger charge is -2.10. The standard InChI is InChI=1S/C21H16BrNO5/c1-13-4-5-15(11-17(13)23-20(25)19-3-2-10-27-19)21(26)28-12-18(24)14-6-8-16(22)9-7-14/h2-11H,12H2,1H3,(H,23,25). The molecule has 7 heteroatoms. The fourth-order valence-electron chi connectivity index (χ4n) is 2.41. The van der Waals surface area contributed by atoms with Gasteiger partial charge in [-0.15, -0.1) is 0 Å². The molecule has 0 aliphatic carbocycles. The zero-order chi connectivity index (χ0) is 20.1. The van der Waals surface area contributed by atoms with Crippen LogP contribution in [0, 0.1) is 6.92 Å². The third-order valence-electron chi connectivity index (χ3n) is 3.97. The number of nitrogens with one attached hydrogen (secondary N) is 1. The average Bonchev–Trinajstić information content (AvgIpc) is 3.23. The Morgan fingerprint density at radius 2 is 1.75 bits per heavy atom. The summed E-state index contributed by atoms with van der Waals surface area (Å²) in [5.41, 5.74) is 1.90. The summed E-state index contributed by atoms with van der Waals surface area (Å²) >= 11 is 3.30. The number of halogens is 1. The molecule has 0 saturated heterocycles. The summed E-state index contributed by atoms with van der Waals surface area (Å²) in [6, 6.07) is 14.7. The number of anilines is 1. The Labute approximate surface area is 169 Å². The molecule has 0 saturated carbocycles. The van der Waals surface area contributed by atoms with Gasteiger partial charge in [0, 0.05) is 15.7 Å². The summed E-state index contributed by atoms with van der Waals surface area (Å²) in [7, 11) is 0. The van der Waals surface area contributed by atoms with Crippen LogP contribution in [0.15, 0.2) is 69.8 Å². The van der Waals surface area contributed by atoms with Gasteiger partial charge in [-0.05, 0) is 48.9 Å². The highest BCUT2D eigenvalue weighted by atomic mass is 79.9. The van der Waals surface area contributed by atoms with Crippen LogP contribution >= 0.6 is 15.9 Å². The van der Waals surface area contributed by atoms with Gasteiger partial charge < -0.3 is 14.5 Å². The largest absolute Gasteiger partial charge is 0.459 e. The van der Waals surface area contributed by atoms with Crippen LogP contribution in [0.3, 0.4) is 0 Å². The van der Waals surface area contributed by atoms with E-state index in [9.17, 15) is 14.4 Å². The Bertz CT molecular complexity index is 1010. The molecule has 1 amide bonds. The van der Waals surface area contributed by atoms with Crippen molar-refractivity contribution in [3.63, 3.8) is 0 Å². The number of rotatable bonds is 6. The van der Waals surface area contributed by atoms with Crippen molar-refractivity contribution >= 4 is 39.3 Å². The molecule has 0 spiro atoms. The molecule has 28 heavy (non-hydrogen) atoms. The van der Waals surface area contributed by atoms with Crippen LogP contribution in [0.4, 0.5) is 5.69 Å². The fraction of sp³-hybridized carbons (Fsp3) is 0.0952. The SMILES string of the molecule is Cc1ccc(C(=O)OCC(=O)c2ccc(Br)cc2)cc1NC(=O)c1ccco1. The summed E-state index contributed by atoms with van der Waals surface area (Å²) < 4.78 is 11.0.